The quantitative estimate of drug-likeness (QED) is 0.858. The maximum atomic E-state index is 13.2. The summed E-state index contributed by atoms with van der Waals surface area (Å²) in [5.74, 6) is 0.111. The third kappa shape index (κ3) is 5.16. The molecule has 1 aliphatic heterocycles. The van der Waals surface area contributed by atoms with E-state index >= 15 is 0 Å². The molecule has 0 spiro atoms. The van der Waals surface area contributed by atoms with Crippen LogP contribution in [0.5, 0.6) is 0 Å². The molecule has 25 heavy (non-hydrogen) atoms. The molecule has 6 heteroatoms. The number of carbonyl (C=O) groups is 1. The molecule has 0 radical (unpaired) electrons. The number of rotatable bonds is 5. The minimum Gasteiger partial charge on any atom is -0.381 e. The number of hydrogen-bond acceptors (Lipinski definition) is 3. The van der Waals surface area contributed by atoms with Gasteiger partial charge in [0.1, 0.15) is 5.82 Å². The van der Waals surface area contributed by atoms with E-state index in [0.717, 1.165) is 32.4 Å². The molecule has 0 unspecified atom stereocenters. The fourth-order valence-corrected chi connectivity index (χ4v) is 4.04. The number of methoxy groups -OCH3 is 1. The summed E-state index contributed by atoms with van der Waals surface area (Å²) in [7, 11) is 1.80. The molecule has 2 fully saturated rings. The van der Waals surface area contributed by atoms with Crippen LogP contribution in [0.25, 0.3) is 0 Å². The third-order valence-corrected chi connectivity index (χ3v) is 5.39. The number of amides is 2. The van der Waals surface area contributed by atoms with Crippen molar-refractivity contribution < 1.29 is 13.9 Å². The average molecular weight is 349 g/mol. The maximum absolute atomic E-state index is 13.2. The number of nitrogens with zero attached hydrogens (tertiary/aromatic N) is 1. The predicted octanol–water partition coefficient (Wildman–Crippen LogP) is 3.23. The van der Waals surface area contributed by atoms with E-state index in [1.807, 2.05) is 0 Å². The van der Waals surface area contributed by atoms with E-state index in [-0.39, 0.29) is 11.8 Å². The molecular formula is C19H28FN3O2. The number of carbonyl (C=O) groups excluding carboxylic acids is 1. The molecular weight excluding hydrogens is 321 g/mol. The van der Waals surface area contributed by atoms with E-state index in [9.17, 15) is 9.18 Å². The highest BCUT2D eigenvalue weighted by Gasteiger charge is 2.32. The molecule has 1 heterocycles. The van der Waals surface area contributed by atoms with E-state index in [1.165, 1.54) is 25.0 Å². The highest BCUT2D eigenvalue weighted by molar-refractivity contribution is 5.89. The first-order valence-corrected chi connectivity index (χ1v) is 9.21. The summed E-state index contributed by atoms with van der Waals surface area (Å²) in [6, 6.07) is 6.28. The molecule has 1 aromatic carbocycles. The van der Waals surface area contributed by atoms with Crippen LogP contribution in [0.1, 0.15) is 32.1 Å². The average Bonchev–Trinajstić information content (AvgIpc) is 3.09. The van der Waals surface area contributed by atoms with Gasteiger partial charge in [0.25, 0.3) is 0 Å². The van der Waals surface area contributed by atoms with Crippen molar-refractivity contribution in [3.63, 3.8) is 0 Å². The lowest BCUT2D eigenvalue weighted by atomic mass is 9.96. The second kappa shape index (κ2) is 8.63. The molecule has 3 atom stereocenters. The fourth-order valence-electron chi connectivity index (χ4n) is 4.04. The first-order chi connectivity index (χ1) is 12.1. The molecule has 1 aromatic rings. The van der Waals surface area contributed by atoms with Gasteiger partial charge in [-0.3, -0.25) is 4.90 Å². The predicted molar refractivity (Wildman–Crippen MR) is 96.2 cm³/mol. The number of piperidine rings is 1. The van der Waals surface area contributed by atoms with Crippen LogP contribution in [-0.2, 0) is 4.74 Å². The molecule has 0 aromatic heterocycles. The summed E-state index contributed by atoms with van der Waals surface area (Å²) in [6.45, 7) is 2.83. The lowest BCUT2D eigenvalue weighted by molar-refractivity contribution is 0.0840. The zero-order chi connectivity index (χ0) is 17.6. The maximum Gasteiger partial charge on any atom is 0.319 e. The Bertz CT molecular complexity index is 584. The number of anilines is 1. The van der Waals surface area contributed by atoms with Crippen molar-refractivity contribution in [1.82, 2.24) is 10.2 Å². The van der Waals surface area contributed by atoms with Crippen LogP contribution < -0.4 is 10.6 Å². The summed E-state index contributed by atoms with van der Waals surface area (Å²) in [6.07, 6.45) is 6.19. The van der Waals surface area contributed by atoms with Gasteiger partial charge in [0, 0.05) is 31.9 Å². The van der Waals surface area contributed by atoms with Gasteiger partial charge in [-0.25, -0.2) is 9.18 Å². The van der Waals surface area contributed by atoms with Crippen LogP contribution in [-0.4, -0.2) is 49.8 Å². The van der Waals surface area contributed by atoms with Gasteiger partial charge < -0.3 is 15.4 Å². The molecule has 0 bridgehead atoms. The lowest BCUT2D eigenvalue weighted by Gasteiger charge is -2.37. The van der Waals surface area contributed by atoms with Gasteiger partial charge in [-0.1, -0.05) is 6.07 Å². The largest absolute Gasteiger partial charge is 0.381 e. The second-order valence-corrected chi connectivity index (χ2v) is 7.17. The zero-order valence-corrected chi connectivity index (χ0v) is 14.8. The second-order valence-electron chi connectivity index (χ2n) is 7.17. The number of hydrogen-bond donors (Lipinski definition) is 2. The first kappa shape index (κ1) is 18.1. The lowest BCUT2D eigenvalue weighted by Crippen LogP contribution is -2.45. The summed E-state index contributed by atoms with van der Waals surface area (Å²) >= 11 is 0. The van der Waals surface area contributed by atoms with Crippen molar-refractivity contribution in [2.45, 2.75) is 44.2 Å². The number of likely N-dealkylation sites (tertiary alicyclic amines) is 1. The summed E-state index contributed by atoms with van der Waals surface area (Å²) in [4.78, 5) is 14.6. The zero-order valence-electron chi connectivity index (χ0n) is 14.8. The monoisotopic (exact) mass is 349 g/mol. The Kier molecular flexibility index (Phi) is 6.26. The van der Waals surface area contributed by atoms with Gasteiger partial charge in [0.05, 0.1) is 6.10 Å². The van der Waals surface area contributed by atoms with Gasteiger partial charge >= 0.3 is 6.03 Å². The molecule has 138 valence electrons. The van der Waals surface area contributed by atoms with Gasteiger partial charge in [-0.15, -0.1) is 0 Å². The smallest absolute Gasteiger partial charge is 0.319 e. The highest BCUT2D eigenvalue weighted by atomic mass is 19.1. The molecule has 5 nitrogen and oxygen atoms in total. The van der Waals surface area contributed by atoms with Crippen molar-refractivity contribution in [1.29, 1.82) is 0 Å². The van der Waals surface area contributed by atoms with Crippen molar-refractivity contribution in [2.75, 3.05) is 32.1 Å². The molecule has 3 rings (SSSR count). The number of benzene rings is 1. The van der Waals surface area contributed by atoms with Gasteiger partial charge in [0.15, 0.2) is 0 Å². The van der Waals surface area contributed by atoms with Gasteiger partial charge in [-0.2, -0.15) is 0 Å². The highest BCUT2D eigenvalue weighted by Crippen LogP contribution is 2.29. The van der Waals surface area contributed by atoms with Gasteiger partial charge in [0.2, 0.25) is 0 Å². The van der Waals surface area contributed by atoms with Crippen LogP contribution in [0.3, 0.4) is 0 Å². The van der Waals surface area contributed by atoms with Crippen LogP contribution in [0.15, 0.2) is 24.3 Å². The molecule has 2 amide bonds. The Morgan fingerprint density at radius 2 is 2.24 bits per heavy atom. The number of nitrogens with one attached hydrogen (secondary N) is 2. The van der Waals surface area contributed by atoms with Crippen LogP contribution in [0.4, 0.5) is 14.9 Å². The van der Waals surface area contributed by atoms with E-state index in [2.05, 4.69) is 15.5 Å². The number of ether oxygens (including phenoxy) is 1. The van der Waals surface area contributed by atoms with Crippen LogP contribution in [0, 0.1) is 11.7 Å². The molecule has 2 N–H and O–H groups in total. The number of urea groups is 1. The van der Waals surface area contributed by atoms with Crippen molar-refractivity contribution >= 4 is 11.7 Å². The van der Waals surface area contributed by atoms with Crippen LogP contribution >= 0.6 is 0 Å². The van der Waals surface area contributed by atoms with E-state index in [1.54, 1.807) is 19.2 Å². The third-order valence-electron chi connectivity index (χ3n) is 5.39. The molecule has 1 aliphatic carbocycles. The molecule has 1 saturated carbocycles. The van der Waals surface area contributed by atoms with Crippen molar-refractivity contribution in [3.05, 3.63) is 30.1 Å². The summed E-state index contributed by atoms with van der Waals surface area (Å²) < 4.78 is 18.6. The minimum atomic E-state index is -0.355. The van der Waals surface area contributed by atoms with E-state index in [0.29, 0.717) is 30.3 Å². The molecule has 1 saturated heterocycles. The minimum absolute atomic E-state index is 0.275. The Morgan fingerprint density at radius 3 is 3.00 bits per heavy atom. The van der Waals surface area contributed by atoms with Crippen molar-refractivity contribution in [2.24, 2.45) is 5.92 Å². The Labute approximate surface area is 148 Å². The Hall–Kier alpha value is -1.66. The van der Waals surface area contributed by atoms with E-state index in [4.69, 9.17) is 4.74 Å². The first-order valence-electron chi connectivity index (χ1n) is 9.21. The normalized spacial score (nSPS) is 27.2. The Morgan fingerprint density at radius 1 is 1.36 bits per heavy atom. The standard InChI is InChI=1S/C19H28FN3O2/c1-25-18-8-7-17(11-18)23-9-3-4-14(13-23)12-21-19(24)22-16-6-2-5-15(20)10-16/h2,5-6,10,14,17-18H,3-4,7-9,11-13H2,1H3,(H2,21,22,24)/t14-,17-,18-/m1/s1. The Balaban J connectivity index is 1.42. The molecule has 2 aliphatic rings. The SMILES string of the molecule is CO[C@@H]1CC[C@@H](N2CCC[C@H](CNC(=O)Nc3cccc(F)c3)C2)C1. The number of halogens is 1. The van der Waals surface area contributed by atoms with Crippen molar-refractivity contribution in [3.8, 4) is 0 Å². The summed E-state index contributed by atoms with van der Waals surface area (Å²) in [5.41, 5.74) is 0.472. The fraction of sp³-hybridized carbons (Fsp3) is 0.632. The summed E-state index contributed by atoms with van der Waals surface area (Å²) in [5, 5.41) is 5.61. The van der Waals surface area contributed by atoms with Gasteiger partial charge in [-0.05, 0) is 62.8 Å². The van der Waals surface area contributed by atoms with Crippen LogP contribution in [0.2, 0.25) is 0 Å². The van der Waals surface area contributed by atoms with E-state index < -0.39 is 0 Å². The topological polar surface area (TPSA) is 53.6 Å².